The summed E-state index contributed by atoms with van der Waals surface area (Å²) >= 11 is 0. The van der Waals surface area contributed by atoms with Gasteiger partial charge in [0.05, 0.1) is 0 Å². The van der Waals surface area contributed by atoms with Crippen LogP contribution < -0.4 is 9.80 Å². The Balaban J connectivity index is 0.000000928. The number of anilines is 2. The zero-order valence-electron chi connectivity index (χ0n) is 20.0. The third-order valence-corrected chi connectivity index (χ3v) is 4.42. The Labute approximate surface area is 205 Å². The van der Waals surface area contributed by atoms with Crippen molar-refractivity contribution in [2.24, 2.45) is 0 Å². The van der Waals surface area contributed by atoms with Gasteiger partial charge >= 0.3 is 0 Å². The third-order valence-electron chi connectivity index (χ3n) is 4.42. The van der Waals surface area contributed by atoms with Crippen LogP contribution in [-0.2, 0) is 30.0 Å². The molecule has 32 heavy (non-hydrogen) atoms. The number of nitrogens with zero attached hydrogens (tertiary/aromatic N) is 2. The fourth-order valence-corrected chi connectivity index (χ4v) is 3.78. The largest absolute Gasteiger partial charge is 0.481 e. The normalized spacial score (nSPS) is 11.6. The molecule has 0 aliphatic carbocycles. The monoisotopic (exact) mass is 531 g/mol. The molecular formula is C25H33N2O4Pd-. The van der Waals surface area contributed by atoms with E-state index in [9.17, 15) is 0 Å². The second-order valence-corrected chi connectivity index (χ2v) is 7.76. The zero-order valence-corrected chi connectivity index (χ0v) is 21.5. The van der Waals surface area contributed by atoms with Gasteiger partial charge in [-0.2, -0.15) is 0 Å². The number of aliphatic carboxylic acids is 2. The maximum Gasteiger partial charge on any atom is 0.300 e. The van der Waals surface area contributed by atoms with Gasteiger partial charge in [0.15, 0.2) is 0 Å². The van der Waals surface area contributed by atoms with E-state index >= 15 is 0 Å². The summed E-state index contributed by atoms with van der Waals surface area (Å²) in [5.41, 5.74) is 10.4. The molecule has 1 heterocycles. The molecule has 0 atom stereocenters. The molecule has 0 saturated carbocycles. The van der Waals surface area contributed by atoms with E-state index in [1.165, 1.54) is 44.8 Å². The number of carboxylic acids is 2. The van der Waals surface area contributed by atoms with E-state index in [2.05, 4.69) is 94.7 Å². The molecule has 1 aliphatic heterocycles. The molecule has 0 amide bonds. The number of hydrogen-bond donors (Lipinski definition) is 2. The van der Waals surface area contributed by atoms with E-state index in [4.69, 9.17) is 19.8 Å². The van der Waals surface area contributed by atoms with E-state index in [1.54, 1.807) is 0 Å². The number of hydrogen-bond acceptors (Lipinski definition) is 4. The Hall–Kier alpha value is -2.62. The smallest absolute Gasteiger partial charge is 0.300 e. The molecule has 0 bridgehead atoms. The topological polar surface area (TPSA) is 81.1 Å². The molecule has 1 aliphatic rings. The average Bonchev–Trinajstić information content (AvgIpc) is 3.00. The van der Waals surface area contributed by atoms with E-state index in [1.807, 2.05) is 0 Å². The van der Waals surface area contributed by atoms with Crippen LogP contribution in [0.2, 0.25) is 0 Å². The quantitative estimate of drug-likeness (QED) is 0.386. The number of aryl methyl sites for hydroxylation is 6. The third kappa shape index (κ3) is 8.86. The van der Waals surface area contributed by atoms with Crippen molar-refractivity contribution in [3.63, 3.8) is 0 Å². The van der Waals surface area contributed by atoms with E-state index in [-0.39, 0.29) is 20.4 Å². The molecule has 0 unspecified atom stereocenters. The summed E-state index contributed by atoms with van der Waals surface area (Å²) in [5, 5.41) is 14.8. The minimum absolute atomic E-state index is 0. The number of carboxylic acid groups (broad SMARTS) is 2. The van der Waals surface area contributed by atoms with Crippen LogP contribution in [0.25, 0.3) is 0 Å². The molecule has 6 nitrogen and oxygen atoms in total. The minimum atomic E-state index is -0.833. The molecule has 0 radical (unpaired) electrons. The van der Waals surface area contributed by atoms with Gasteiger partial charge in [0.2, 0.25) is 0 Å². The van der Waals surface area contributed by atoms with Crippen LogP contribution in [0.5, 0.6) is 0 Å². The fourth-order valence-electron chi connectivity index (χ4n) is 3.78. The van der Waals surface area contributed by atoms with Gasteiger partial charge in [-0.25, -0.2) is 0 Å². The summed E-state index contributed by atoms with van der Waals surface area (Å²) in [6.45, 7) is 17.4. The molecule has 0 spiro atoms. The van der Waals surface area contributed by atoms with Crippen molar-refractivity contribution in [2.45, 2.75) is 55.4 Å². The van der Waals surface area contributed by atoms with E-state index in [0.29, 0.717) is 0 Å². The van der Waals surface area contributed by atoms with E-state index < -0.39 is 11.9 Å². The second-order valence-electron chi connectivity index (χ2n) is 7.76. The predicted octanol–water partition coefficient (Wildman–Crippen LogP) is 5.63. The first-order valence-corrected chi connectivity index (χ1v) is 9.98. The van der Waals surface area contributed by atoms with Gasteiger partial charge in [0.25, 0.3) is 11.9 Å². The second kappa shape index (κ2) is 13.0. The minimum Gasteiger partial charge on any atom is -0.481 e. The Kier molecular flexibility index (Phi) is 12.0. The van der Waals surface area contributed by atoms with Crippen molar-refractivity contribution < 1.29 is 40.2 Å². The van der Waals surface area contributed by atoms with Crippen molar-refractivity contribution in [3.8, 4) is 0 Å². The van der Waals surface area contributed by atoms with Gasteiger partial charge in [-0.05, 0) is 76.2 Å². The maximum absolute atomic E-state index is 9.00. The molecule has 0 saturated heterocycles. The Morgan fingerprint density at radius 1 is 0.656 bits per heavy atom. The first kappa shape index (κ1) is 29.4. The SMILES string of the molecule is CC(=O)O.CC(=O)O.Cc1cc(C)c(N2C=CN(c3c(C)cc(C)cc3C)[CH-]2)c(C)c1.[Pd]. The summed E-state index contributed by atoms with van der Waals surface area (Å²) in [7, 11) is 0. The van der Waals surface area contributed by atoms with Gasteiger partial charge in [-0.3, -0.25) is 9.59 Å². The molecule has 2 aromatic rings. The Bertz CT molecular complexity index is 854. The molecule has 0 aromatic heterocycles. The first-order chi connectivity index (χ1) is 14.3. The van der Waals surface area contributed by atoms with Crippen LogP contribution >= 0.6 is 0 Å². The van der Waals surface area contributed by atoms with Crippen LogP contribution in [0, 0.1) is 48.2 Å². The van der Waals surface area contributed by atoms with Crippen LogP contribution in [0.3, 0.4) is 0 Å². The fraction of sp³-hybridized carbons (Fsp3) is 0.320. The molecular weight excluding hydrogens is 499 g/mol. The van der Waals surface area contributed by atoms with Crippen molar-refractivity contribution in [2.75, 3.05) is 9.80 Å². The van der Waals surface area contributed by atoms with Crippen LogP contribution in [0.15, 0.2) is 36.7 Å². The van der Waals surface area contributed by atoms with Gasteiger partial charge in [0, 0.05) is 45.6 Å². The Morgan fingerprint density at radius 2 is 0.875 bits per heavy atom. The molecule has 7 heteroatoms. The zero-order chi connectivity index (χ0) is 23.9. The standard InChI is InChI=1S/C21H25N2.2C2H4O2.Pd/c1-14-9-16(3)20(17(4)10-14)22-7-8-23(13-22)21-18(5)11-15(2)12-19(21)6;2*1-2(3)4;/h7-13H,1-6H3;2*1H3,(H,3,4);/q-1;;;. The van der Waals surface area contributed by atoms with Crippen molar-refractivity contribution in [1.82, 2.24) is 0 Å². The number of benzene rings is 2. The summed E-state index contributed by atoms with van der Waals surface area (Å²) in [5.74, 6) is -1.67. The summed E-state index contributed by atoms with van der Waals surface area (Å²) in [6, 6.07) is 8.98. The average molecular weight is 532 g/mol. The van der Waals surface area contributed by atoms with E-state index in [0.717, 1.165) is 13.8 Å². The van der Waals surface area contributed by atoms with Crippen LogP contribution in [-0.4, -0.2) is 22.2 Å². The van der Waals surface area contributed by atoms with Crippen molar-refractivity contribution in [1.29, 1.82) is 0 Å². The molecule has 2 aromatic carbocycles. The molecule has 3 rings (SSSR count). The maximum atomic E-state index is 9.00. The summed E-state index contributed by atoms with van der Waals surface area (Å²) in [6.07, 6.45) is 4.28. The van der Waals surface area contributed by atoms with Crippen LogP contribution in [0.1, 0.15) is 47.2 Å². The predicted molar refractivity (Wildman–Crippen MR) is 126 cm³/mol. The number of carbonyl (C=O) groups is 2. The molecule has 0 fully saturated rings. The van der Waals surface area contributed by atoms with Gasteiger partial charge in [-0.1, -0.05) is 35.4 Å². The van der Waals surface area contributed by atoms with Gasteiger partial charge in [-0.15, -0.1) is 6.67 Å². The summed E-state index contributed by atoms with van der Waals surface area (Å²) in [4.78, 5) is 22.5. The number of rotatable bonds is 2. The van der Waals surface area contributed by atoms with Crippen molar-refractivity contribution in [3.05, 3.63) is 76.7 Å². The van der Waals surface area contributed by atoms with Crippen LogP contribution in [0.4, 0.5) is 11.4 Å². The van der Waals surface area contributed by atoms with Gasteiger partial charge < -0.3 is 20.0 Å². The van der Waals surface area contributed by atoms with Crippen molar-refractivity contribution >= 4 is 23.3 Å². The Morgan fingerprint density at radius 3 is 1.09 bits per heavy atom. The summed E-state index contributed by atoms with van der Waals surface area (Å²) < 4.78 is 0. The molecule has 2 N–H and O–H groups in total. The molecule has 178 valence electrons. The first-order valence-electron chi connectivity index (χ1n) is 9.98. The van der Waals surface area contributed by atoms with Gasteiger partial charge in [0.1, 0.15) is 0 Å².